The molecule has 0 aliphatic heterocycles. The van der Waals surface area contributed by atoms with Gasteiger partial charge in [0.15, 0.2) is 17.5 Å². The monoisotopic (exact) mass is 651 g/mol. The van der Waals surface area contributed by atoms with Gasteiger partial charge in [0.05, 0.1) is 5.41 Å². The smallest absolute Gasteiger partial charge is 0.164 e. The highest BCUT2D eigenvalue weighted by atomic mass is 15.0. The highest BCUT2D eigenvalue weighted by Crippen LogP contribution is 2.58. The van der Waals surface area contributed by atoms with E-state index in [4.69, 9.17) is 15.0 Å². The van der Waals surface area contributed by atoms with Crippen LogP contribution in [0.5, 0.6) is 0 Å². The zero-order valence-corrected chi connectivity index (χ0v) is 28.0. The third-order valence-corrected chi connectivity index (χ3v) is 10.1. The lowest BCUT2D eigenvalue weighted by Crippen LogP contribution is -2.29. The average molecular weight is 652 g/mol. The van der Waals surface area contributed by atoms with Gasteiger partial charge >= 0.3 is 0 Å². The Kier molecular flexibility index (Phi) is 7.33. The van der Waals surface area contributed by atoms with Gasteiger partial charge in [-0.25, -0.2) is 15.0 Å². The van der Waals surface area contributed by atoms with Crippen molar-refractivity contribution in [2.45, 2.75) is 5.41 Å². The van der Waals surface area contributed by atoms with E-state index in [0.29, 0.717) is 17.5 Å². The van der Waals surface area contributed by atoms with Gasteiger partial charge in [-0.05, 0) is 67.1 Å². The summed E-state index contributed by atoms with van der Waals surface area (Å²) in [4.78, 5) is 15.1. The summed E-state index contributed by atoms with van der Waals surface area (Å²) in [7, 11) is 0. The first-order valence-electron chi connectivity index (χ1n) is 17.2. The molecule has 0 amide bonds. The lowest BCUT2D eigenvalue weighted by atomic mass is 9.66. The van der Waals surface area contributed by atoms with Gasteiger partial charge in [0.1, 0.15) is 0 Å². The summed E-state index contributed by atoms with van der Waals surface area (Å²) in [5.74, 6) is 1.75. The second-order valence-corrected chi connectivity index (χ2v) is 12.8. The summed E-state index contributed by atoms with van der Waals surface area (Å²) in [5, 5.41) is 4.93. The predicted molar refractivity (Wildman–Crippen MR) is 211 cm³/mol. The van der Waals surface area contributed by atoms with Crippen LogP contribution in [0.1, 0.15) is 28.1 Å². The van der Waals surface area contributed by atoms with E-state index in [1.807, 2.05) is 36.4 Å². The number of nitrogens with zero attached hydrogens (tertiary/aromatic N) is 3. The average Bonchev–Trinajstić information content (AvgIpc) is 3.50. The largest absolute Gasteiger partial charge is 0.208 e. The molecule has 240 valence electrons. The number of fused-ring (bicyclic) bond motifs is 6. The molecule has 3 heteroatoms. The van der Waals surface area contributed by atoms with Crippen LogP contribution >= 0.6 is 0 Å². The Hall–Kier alpha value is -6.71. The van der Waals surface area contributed by atoms with E-state index in [-0.39, 0.29) is 0 Å². The number of rotatable bonds is 7. The molecule has 3 nitrogen and oxygen atoms in total. The lowest BCUT2D eigenvalue weighted by Gasteiger charge is -2.35. The molecule has 1 atom stereocenters. The highest BCUT2D eigenvalue weighted by molar-refractivity contribution is 6.10. The van der Waals surface area contributed by atoms with Crippen molar-refractivity contribution < 1.29 is 0 Å². The van der Waals surface area contributed by atoms with Gasteiger partial charge in [-0.2, -0.15) is 0 Å². The fourth-order valence-corrected chi connectivity index (χ4v) is 7.94. The molecule has 7 aromatic carbocycles. The Labute approximate surface area is 297 Å². The van der Waals surface area contributed by atoms with Gasteiger partial charge in [-0.3, -0.25) is 0 Å². The van der Waals surface area contributed by atoms with Crippen LogP contribution in [0.4, 0.5) is 0 Å². The molecule has 0 fully saturated rings. The molecule has 0 saturated carbocycles. The van der Waals surface area contributed by atoms with Crippen LogP contribution in [-0.2, 0) is 5.41 Å². The van der Waals surface area contributed by atoms with E-state index in [2.05, 4.69) is 141 Å². The predicted octanol–water partition coefficient (Wildman–Crippen LogP) is 11.6. The summed E-state index contributed by atoms with van der Waals surface area (Å²) < 4.78 is 0. The van der Waals surface area contributed by atoms with E-state index < -0.39 is 5.41 Å². The van der Waals surface area contributed by atoms with Crippen molar-refractivity contribution in [3.8, 4) is 33.9 Å². The molecule has 1 aromatic heterocycles. The van der Waals surface area contributed by atoms with Gasteiger partial charge in [-0.1, -0.05) is 177 Å². The quantitative estimate of drug-likeness (QED) is 0.127. The Morgan fingerprint density at radius 3 is 1.88 bits per heavy atom. The van der Waals surface area contributed by atoms with Crippen LogP contribution in [0.3, 0.4) is 0 Å². The molecule has 1 aliphatic rings. The SMILES string of the molecule is C=C/C=C(\C=C)c1nc(-c2ccccc2)nc(-c2ccc3c(c2)C(c2ccccc2)(c2cc4ccccc4c4ccccc24)c2ccccc2-3)n1. The standard InChI is InChI=1S/C48H33N3/c1-3-17-32(4-2)45-49-46(33-18-7-5-8-19-33)51-47(50-45)35-28-29-41-40-26-15-16-27-42(40)48(44(41)31-35,36-21-9-6-10-22-36)43-30-34-20-11-12-23-37(34)38-24-13-14-25-39(38)43/h3-31H,1-2H2/b32-17+. The molecule has 1 unspecified atom stereocenters. The number of benzene rings is 7. The minimum atomic E-state index is -0.625. The lowest BCUT2D eigenvalue weighted by molar-refractivity contribution is 0.777. The molecule has 1 heterocycles. The number of hydrogen-bond acceptors (Lipinski definition) is 3. The first-order chi connectivity index (χ1) is 25.2. The second kappa shape index (κ2) is 12.3. The van der Waals surface area contributed by atoms with Crippen molar-refractivity contribution >= 4 is 27.1 Å². The maximum Gasteiger partial charge on any atom is 0.164 e. The molecule has 0 spiro atoms. The van der Waals surface area contributed by atoms with E-state index >= 15 is 0 Å². The van der Waals surface area contributed by atoms with Crippen LogP contribution in [0.15, 0.2) is 189 Å². The van der Waals surface area contributed by atoms with Crippen LogP contribution in [0.25, 0.3) is 61.0 Å². The summed E-state index contributed by atoms with van der Waals surface area (Å²) in [6.45, 7) is 7.96. The summed E-state index contributed by atoms with van der Waals surface area (Å²) in [6, 6.07) is 56.5. The fraction of sp³-hybridized carbons (Fsp3) is 0.0208. The normalized spacial score (nSPS) is 15.0. The van der Waals surface area contributed by atoms with E-state index in [0.717, 1.165) is 16.7 Å². The Morgan fingerprint density at radius 1 is 0.490 bits per heavy atom. The maximum absolute atomic E-state index is 5.10. The fourth-order valence-electron chi connectivity index (χ4n) is 7.94. The Balaban J connectivity index is 1.39. The minimum absolute atomic E-state index is 0.549. The van der Waals surface area contributed by atoms with Crippen LogP contribution in [0.2, 0.25) is 0 Å². The van der Waals surface area contributed by atoms with Gasteiger partial charge in [0.25, 0.3) is 0 Å². The van der Waals surface area contributed by atoms with Gasteiger partial charge < -0.3 is 0 Å². The van der Waals surface area contributed by atoms with Crippen LogP contribution in [-0.4, -0.2) is 15.0 Å². The van der Waals surface area contributed by atoms with Crippen LogP contribution < -0.4 is 0 Å². The summed E-state index contributed by atoms with van der Waals surface area (Å²) >= 11 is 0. The number of hydrogen-bond donors (Lipinski definition) is 0. The maximum atomic E-state index is 5.10. The molecule has 0 N–H and O–H groups in total. The Bertz CT molecular complexity index is 2670. The first-order valence-corrected chi connectivity index (χ1v) is 17.2. The second-order valence-electron chi connectivity index (χ2n) is 12.8. The molecule has 8 aromatic rings. The third-order valence-electron chi connectivity index (χ3n) is 10.1. The van der Waals surface area contributed by atoms with Gasteiger partial charge in [0, 0.05) is 16.7 Å². The third kappa shape index (κ3) is 4.78. The minimum Gasteiger partial charge on any atom is -0.208 e. The number of aromatic nitrogens is 3. The van der Waals surface area contributed by atoms with E-state index in [1.54, 1.807) is 12.2 Å². The zero-order chi connectivity index (χ0) is 34.4. The van der Waals surface area contributed by atoms with Crippen molar-refractivity contribution in [1.82, 2.24) is 15.0 Å². The number of allylic oxidation sites excluding steroid dienone is 4. The molecule has 0 radical (unpaired) electrons. The van der Waals surface area contributed by atoms with Gasteiger partial charge in [-0.15, -0.1) is 0 Å². The zero-order valence-electron chi connectivity index (χ0n) is 28.0. The molecule has 0 saturated heterocycles. The van der Waals surface area contributed by atoms with Gasteiger partial charge in [0.2, 0.25) is 0 Å². The summed E-state index contributed by atoms with van der Waals surface area (Å²) in [6.07, 6.45) is 5.38. The molecule has 1 aliphatic carbocycles. The van der Waals surface area contributed by atoms with E-state index in [1.165, 1.54) is 54.9 Å². The topological polar surface area (TPSA) is 38.7 Å². The van der Waals surface area contributed by atoms with Crippen LogP contribution in [0, 0.1) is 0 Å². The van der Waals surface area contributed by atoms with E-state index in [9.17, 15) is 0 Å². The van der Waals surface area contributed by atoms with Crippen molar-refractivity contribution in [1.29, 1.82) is 0 Å². The highest BCUT2D eigenvalue weighted by Gasteiger charge is 2.47. The molecule has 0 bridgehead atoms. The molecular formula is C48H33N3. The molecular weight excluding hydrogens is 619 g/mol. The Morgan fingerprint density at radius 2 is 1.12 bits per heavy atom. The molecule has 9 rings (SSSR count). The molecule has 51 heavy (non-hydrogen) atoms. The first kappa shape index (κ1) is 30.4. The van der Waals surface area contributed by atoms with Crippen molar-refractivity contribution in [3.63, 3.8) is 0 Å². The summed E-state index contributed by atoms with van der Waals surface area (Å²) in [5.41, 5.74) is 9.31. The van der Waals surface area contributed by atoms with Crippen molar-refractivity contribution in [2.24, 2.45) is 0 Å². The van der Waals surface area contributed by atoms with Crippen molar-refractivity contribution in [2.75, 3.05) is 0 Å². The van der Waals surface area contributed by atoms with Crippen molar-refractivity contribution in [3.05, 3.63) is 217 Å².